The highest BCUT2D eigenvalue weighted by Gasteiger charge is 2.18. The Hall–Kier alpha value is -1.76. The summed E-state index contributed by atoms with van der Waals surface area (Å²) in [6, 6.07) is 15.9. The van der Waals surface area contributed by atoms with E-state index >= 15 is 0 Å². The standard InChI is InChI=1S/C18H21N/c1-13-6-5-8-16(14(13)2)12-17-11-10-15-7-3-4-9-18(15)19-17/h3-9,17,19H,10-12H2,1-2H3. The van der Waals surface area contributed by atoms with Gasteiger partial charge in [0.15, 0.2) is 0 Å². The molecule has 0 aliphatic carbocycles. The largest absolute Gasteiger partial charge is 0.382 e. The average molecular weight is 251 g/mol. The Morgan fingerprint density at radius 3 is 2.79 bits per heavy atom. The van der Waals surface area contributed by atoms with Crippen LogP contribution in [0.2, 0.25) is 0 Å². The summed E-state index contributed by atoms with van der Waals surface area (Å²) in [6.45, 7) is 4.43. The molecule has 1 atom stereocenters. The molecule has 3 rings (SSSR count). The molecule has 0 aromatic heterocycles. The molecule has 1 nitrogen and oxygen atoms in total. The maximum atomic E-state index is 3.69. The molecule has 98 valence electrons. The smallest absolute Gasteiger partial charge is 0.0374 e. The zero-order chi connectivity index (χ0) is 13.2. The maximum absolute atomic E-state index is 3.69. The minimum absolute atomic E-state index is 0.565. The van der Waals surface area contributed by atoms with Crippen molar-refractivity contribution in [2.24, 2.45) is 0 Å². The fourth-order valence-corrected chi connectivity index (χ4v) is 2.95. The second-order valence-corrected chi connectivity index (χ2v) is 5.60. The third kappa shape index (κ3) is 2.51. The second kappa shape index (κ2) is 5.08. The molecular weight excluding hydrogens is 230 g/mol. The van der Waals surface area contributed by atoms with Gasteiger partial charge in [-0.25, -0.2) is 0 Å². The molecule has 0 radical (unpaired) electrons. The van der Waals surface area contributed by atoms with Crippen LogP contribution < -0.4 is 5.32 Å². The van der Waals surface area contributed by atoms with Crippen molar-refractivity contribution in [2.45, 2.75) is 39.2 Å². The van der Waals surface area contributed by atoms with Crippen molar-refractivity contribution < 1.29 is 0 Å². The number of benzene rings is 2. The minimum atomic E-state index is 0.565. The molecule has 0 fully saturated rings. The maximum Gasteiger partial charge on any atom is 0.0374 e. The fraction of sp³-hybridized carbons (Fsp3) is 0.333. The van der Waals surface area contributed by atoms with Gasteiger partial charge in [0.1, 0.15) is 0 Å². The Morgan fingerprint density at radius 2 is 1.89 bits per heavy atom. The molecular formula is C18H21N. The fourth-order valence-electron chi connectivity index (χ4n) is 2.95. The minimum Gasteiger partial charge on any atom is -0.382 e. The summed E-state index contributed by atoms with van der Waals surface area (Å²) >= 11 is 0. The molecule has 1 aliphatic rings. The van der Waals surface area contributed by atoms with Crippen LogP contribution in [0.4, 0.5) is 5.69 Å². The van der Waals surface area contributed by atoms with Gasteiger partial charge in [0, 0.05) is 11.7 Å². The van der Waals surface area contributed by atoms with Crippen molar-refractivity contribution in [1.29, 1.82) is 0 Å². The van der Waals surface area contributed by atoms with E-state index in [1.54, 1.807) is 0 Å². The predicted molar refractivity (Wildman–Crippen MR) is 81.8 cm³/mol. The number of fused-ring (bicyclic) bond motifs is 1. The summed E-state index contributed by atoms with van der Waals surface area (Å²) in [5, 5.41) is 3.69. The monoisotopic (exact) mass is 251 g/mol. The van der Waals surface area contributed by atoms with Gasteiger partial charge < -0.3 is 5.32 Å². The van der Waals surface area contributed by atoms with Crippen LogP contribution in [-0.4, -0.2) is 6.04 Å². The quantitative estimate of drug-likeness (QED) is 0.840. The molecule has 1 aliphatic heterocycles. The van der Waals surface area contributed by atoms with Gasteiger partial charge in [-0.15, -0.1) is 0 Å². The summed E-state index contributed by atoms with van der Waals surface area (Å²) in [5.41, 5.74) is 7.11. The Morgan fingerprint density at radius 1 is 1.05 bits per heavy atom. The first-order valence-corrected chi connectivity index (χ1v) is 7.13. The van der Waals surface area contributed by atoms with E-state index in [1.807, 2.05) is 0 Å². The Kier molecular flexibility index (Phi) is 3.29. The lowest BCUT2D eigenvalue weighted by Crippen LogP contribution is -2.27. The van der Waals surface area contributed by atoms with Crippen LogP contribution in [0.3, 0.4) is 0 Å². The van der Waals surface area contributed by atoms with Crippen LogP contribution in [0.1, 0.15) is 28.7 Å². The summed E-state index contributed by atoms with van der Waals surface area (Å²) in [5.74, 6) is 0. The van der Waals surface area contributed by atoms with E-state index in [2.05, 4.69) is 61.6 Å². The van der Waals surface area contributed by atoms with E-state index < -0.39 is 0 Å². The number of para-hydroxylation sites is 1. The van der Waals surface area contributed by atoms with E-state index in [0.29, 0.717) is 6.04 Å². The lowest BCUT2D eigenvalue weighted by molar-refractivity contribution is 0.626. The Labute approximate surface area is 115 Å². The summed E-state index contributed by atoms with van der Waals surface area (Å²) in [6.07, 6.45) is 3.55. The van der Waals surface area contributed by atoms with E-state index in [4.69, 9.17) is 0 Å². The topological polar surface area (TPSA) is 12.0 Å². The lowest BCUT2D eigenvalue weighted by atomic mass is 9.91. The van der Waals surface area contributed by atoms with Crippen LogP contribution in [-0.2, 0) is 12.8 Å². The number of hydrogen-bond donors (Lipinski definition) is 1. The molecule has 1 heterocycles. The van der Waals surface area contributed by atoms with Crippen LogP contribution >= 0.6 is 0 Å². The van der Waals surface area contributed by atoms with Crippen LogP contribution in [0.15, 0.2) is 42.5 Å². The van der Waals surface area contributed by atoms with Gasteiger partial charge in [0.2, 0.25) is 0 Å². The number of anilines is 1. The Balaban J connectivity index is 1.77. The number of rotatable bonds is 2. The van der Waals surface area contributed by atoms with E-state index in [1.165, 1.54) is 40.8 Å². The molecule has 19 heavy (non-hydrogen) atoms. The van der Waals surface area contributed by atoms with Gasteiger partial charge in [-0.05, 0) is 61.4 Å². The third-order valence-electron chi connectivity index (χ3n) is 4.32. The zero-order valence-corrected chi connectivity index (χ0v) is 11.7. The molecule has 2 aromatic rings. The predicted octanol–water partition coefficient (Wildman–Crippen LogP) is 4.27. The summed E-state index contributed by atoms with van der Waals surface area (Å²) in [7, 11) is 0. The van der Waals surface area contributed by atoms with Crippen LogP contribution in [0.5, 0.6) is 0 Å². The molecule has 1 heteroatoms. The first-order valence-electron chi connectivity index (χ1n) is 7.13. The molecule has 0 spiro atoms. The van der Waals surface area contributed by atoms with Gasteiger partial charge >= 0.3 is 0 Å². The van der Waals surface area contributed by atoms with Gasteiger partial charge in [0.25, 0.3) is 0 Å². The third-order valence-corrected chi connectivity index (χ3v) is 4.32. The molecule has 0 saturated heterocycles. The van der Waals surface area contributed by atoms with Gasteiger partial charge in [-0.3, -0.25) is 0 Å². The van der Waals surface area contributed by atoms with Crippen molar-refractivity contribution in [1.82, 2.24) is 0 Å². The van der Waals surface area contributed by atoms with Crippen molar-refractivity contribution in [3.63, 3.8) is 0 Å². The molecule has 1 N–H and O–H groups in total. The lowest BCUT2D eigenvalue weighted by Gasteiger charge is -2.27. The highest BCUT2D eigenvalue weighted by atomic mass is 14.9. The molecule has 2 aromatic carbocycles. The number of hydrogen-bond acceptors (Lipinski definition) is 1. The summed E-state index contributed by atoms with van der Waals surface area (Å²) in [4.78, 5) is 0. The number of aryl methyl sites for hydroxylation is 2. The van der Waals surface area contributed by atoms with Gasteiger partial charge in [-0.2, -0.15) is 0 Å². The molecule has 0 amide bonds. The second-order valence-electron chi connectivity index (χ2n) is 5.60. The van der Waals surface area contributed by atoms with Crippen molar-refractivity contribution in [3.8, 4) is 0 Å². The average Bonchev–Trinajstić information content (AvgIpc) is 2.44. The molecule has 1 unspecified atom stereocenters. The first-order chi connectivity index (χ1) is 9.24. The van der Waals surface area contributed by atoms with E-state index in [9.17, 15) is 0 Å². The normalized spacial score (nSPS) is 17.7. The molecule has 0 saturated carbocycles. The van der Waals surface area contributed by atoms with Crippen molar-refractivity contribution >= 4 is 5.69 Å². The van der Waals surface area contributed by atoms with E-state index in [0.717, 1.165) is 6.42 Å². The van der Waals surface area contributed by atoms with Crippen molar-refractivity contribution in [2.75, 3.05) is 5.32 Å². The highest BCUT2D eigenvalue weighted by molar-refractivity contribution is 5.54. The van der Waals surface area contributed by atoms with Crippen molar-refractivity contribution in [3.05, 3.63) is 64.7 Å². The number of nitrogens with one attached hydrogen (secondary N) is 1. The molecule has 0 bridgehead atoms. The van der Waals surface area contributed by atoms with Gasteiger partial charge in [0.05, 0.1) is 0 Å². The van der Waals surface area contributed by atoms with Gasteiger partial charge in [-0.1, -0.05) is 36.4 Å². The van der Waals surface area contributed by atoms with E-state index in [-0.39, 0.29) is 0 Å². The zero-order valence-electron chi connectivity index (χ0n) is 11.7. The first kappa shape index (κ1) is 12.3. The Bertz CT molecular complexity index is 586. The summed E-state index contributed by atoms with van der Waals surface area (Å²) < 4.78 is 0. The SMILES string of the molecule is Cc1cccc(CC2CCc3ccccc3N2)c1C. The van der Waals surface area contributed by atoms with Crippen LogP contribution in [0.25, 0.3) is 0 Å². The highest BCUT2D eigenvalue weighted by Crippen LogP contribution is 2.26. The van der Waals surface area contributed by atoms with Crippen LogP contribution in [0, 0.1) is 13.8 Å².